The lowest BCUT2D eigenvalue weighted by molar-refractivity contribution is -0.129. The number of rotatable bonds is 8. The molecule has 0 heterocycles. The molecule has 6 nitrogen and oxygen atoms in total. The second-order valence-corrected chi connectivity index (χ2v) is 9.07. The van der Waals surface area contributed by atoms with Crippen LogP contribution < -0.4 is 5.32 Å². The molecular formula is C22H27NO5S. The lowest BCUT2D eigenvalue weighted by Gasteiger charge is -2.19. The number of sulfone groups is 1. The number of amides is 1. The molecule has 1 N–H and O–H groups in total. The summed E-state index contributed by atoms with van der Waals surface area (Å²) in [7, 11) is -3.45. The highest BCUT2D eigenvalue weighted by atomic mass is 32.2. The fourth-order valence-electron chi connectivity index (χ4n) is 2.92. The molecule has 156 valence electrons. The highest BCUT2D eigenvalue weighted by Gasteiger charge is 2.22. The smallest absolute Gasteiger partial charge is 0.339 e. The van der Waals surface area contributed by atoms with E-state index >= 15 is 0 Å². The summed E-state index contributed by atoms with van der Waals surface area (Å²) in [6.07, 6.45) is 0.924. The van der Waals surface area contributed by atoms with Crippen LogP contribution in [-0.4, -0.2) is 39.2 Å². The Morgan fingerprint density at radius 3 is 2.34 bits per heavy atom. The van der Waals surface area contributed by atoms with Gasteiger partial charge in [0.15, 0.2) is 15.9 Å². The second-order valence-electron chi connectivity index (χ2n) is 7.06. The predicted octanol–water partition coefficient (Wildman–Crippen LogP) is 3.25. The van der Waals surface area contributed by atoms with E-state index in [1.165, 1.54) is 19.1 Å². The van der Waals surface area contributed by atoms with Crippen molar-refractivity contribution in [2.75, 3.05) is 12.8 Å². The first kappa shape index (κ1) is 22.6. The van der Waals surface area contributed by atoms with Gasteiger partial charge in [0.05, 0.1) is 10.5 Å². The van der Waals surface area contributed by atoms with Crippen molar-refractivity contribution >= 4 is 21.7 Å². The Bertz CT molecular complexity index is 970. The Kier molecular flexibility index (Phi) is 7.56. The fraction of sp³-hybridized carbons (Fsp3) is 0.364. The van der Waals surface area contributed by atoms with E-state index in [1.54, 1.807) is 13.0 Å². The molecule has 0 radical (unpaired) electrons. The van der Waals surface area contributed by atoms with Gasteiger partial charge in [0, 0.05) is 18.7 Å². The molecule has 0 aliphatic heterocycles. The van der Waals surface area contributed by atoms with Crippen molar-refractivity contribution in [3.8, 4) is 0 Å². The maximum absolute atomic E-state index is 12.5. The van der Waals surface area contributed by atoms with Crippen LogP contribution in [0.1, 0.15) is 47.7 Å². The topological polar surface area (TPSA) is 89.5 Å². The van der Waals surface area contributed by atoms with Gasteiger partial charge in [-0.1, -0.05) is 43.3 Å². The number of hydrogen-bond donors (Lipinski definition) is 1. The molecular weight excluding hydrogens is 390 g/mol. The number of hydrogen-bond acceptors (Lipinski definition) is 5. The predicted molar refractivity (Wildman–Crippen MR) is 112 cm³/mol. The molecule has 2 rings (SSSR count). The summed E-state index contributed by atoms with van der Waals surface area (Å²) < 4.78 is 28.7. The van der Waals surface area contributed by atoms with Gasteiger partial charge in [-0.25, -0.2) is 13.2 Å². The largest absolute Gasteiger partial charge is 0.449 e. The summed E-state index contributed by atoms with van der Waals surface area (Å²) in [4.78, 5) is 24.9. The lowest BCUT2D eigenvalue weighted by Crippen LogP contribution is -2.38. The molecule has 1 amide bonds. The van der Waals surface area contributed by atoms with Crippen LogP contribution in [0.2, 0.25) is 0 Å². The number of nitrogens with one attached hydrogen (secondary N) is 1. The van der Waals surface area contributed by atoms with Crippen LogP contribution >= 0.6 is 0 Å². The monoisotopic (exact) mass is 417 g/mol. The van der Waals surface area contributed by atoms with Crippen molar-refractivity contribution < 1.29 is 22.7 Å². The molecule has 0 aromatic heterocycles. The zero-order chi connectivity index (χ0) is 21.6. The fourth-order valence-corrected chi connectivity index (χ4v) is 3.57. The standard InChI is InChI=1S/C22H27NO5S/c1-5-17(18-9-7-6-8-10-18)14-23-21(24)16(3)28-22(25)20-13-19(29(4,26)27)12-11-15(20)2/h6-13,16-17H,5,14H2,1-4H3,(H,23,24)/t16-,17-/m0/s1. The van der Waals surface area contributed by atoms with E-state index in [4.69, 9.17) is 4.74 Å². The van der Waals surface area contributed by atoms with Gasteiger partial charge in [-0.05, 0) is 43.5 Å². The molecule has 29 heavy (non-hydrogen) atoms. The zero-order valence-corrected chi connectivity index (χ0v) is 18.0. The molecule has 0 aliphatic carbocycles. The first-order chi connectivity index (χ1) is 13.6. The molecule has 0 bridgehead atoms. The number of carbonyl (C=O) groups excluding carboxylic acids is 2. The molecule has 2 aromatic carbocycles. The van der Waals surface area contributed by atoms with Crippen LogP contribution in [0, 0.1) is 6.92 Å². The van der Waals surface area contributed by atoms with Crippen molar-refractivity contribution in [3.05, 3.63) is 65.2 Å². The van der Waals surface area contributed by atoms with Crippen molar-refractivity contribution in [1.82, 2.24) is 5.32 Å². The third-order valence-electron chi connectivity index (χ3n) is 4.80. The Balaban J connectivity index is 2.01. The lowest BCUT2D eigenvalue weighted by atomic mass is 9.96. The van der Waals surface area contributed by atoms with Crippen LogP contribution in [0.25, 0.3) is 0 Å². The number of benzene rings is 2. The molecule has 7 heteroatoms. The van der Waals surface area contributed by atoms with E-state index in [2.05, 4.69) is 5.32 Å². The number of ether oxygens (including phenoxy) is 1. The first-order valence-electron chi connectivity index (χ1n) is 9.47. The quantitative estimate of drug-likeness (QED) is 0.666. The van der Waals surface area contributed by atoms with Crippen molar-refractivity contribution in [1.29, 1.82) is 0 Å². The Morgan fingerprint density at radius 2 is 1.76 bits per heavy atom. The molecule has 2 aromatic rings. The first-order valence-corrected chi connectivity index (χ1v) is 11.4. The van der Waals surface area contributed by atoms with E-state index in [9.17, 15) is 18.0 Å². The maximum atomic E-state index is 12.5. The summed E-state index contributed by atoms with van der Waals surface area (Å²) in [5, 5.41) is 2.83. The van der Waals surface area contributed by atoms with Gasteiger partial charge >= 0.3 is 5.97 Å². The molecule has 0 saturated carbocycles. The van der Waals surface area contributed by atoms with Gasteiger partial charge in [-0.15, -0.1) is 0 Å². The summed E-state index contributed by atoms with van der Waals surface area (Å²) >= 11 is 0. The van der Waals surface area contributed by atoms with E-state index < -0.39 is 27.8 Å². The van der Waals surface area contributed by atoms with Crippen molar-refractivity contribution in [3.63, 3.8) is 0 Å². The minimum atomic E-state index is -3.45. The zero-order valence-electron chi connectivity index (χ0n) is 17.1. The van der Waals surface area contributed by atoms with Gasteiger partial charge in [0.25, 0.3) is 5.91 Å². The normalized spacial score (nSPS) is 13.4. The number of carbonyl (C=O) groups is 2. The summed E-state index contributed by atoms with van der Waals surface area (Å²) in [5.41, 5.74) is 1.83. The molecule has 0 aliphatic rings. The van der Waals surface area contributed by atoms with Crippen LogP contribution in [-0.2, 0) is 19.4 Å². The molecule has 0 saturated heterocycles. The van der Waals surface area contributed by atoms with Crippen molar-refractivity contribution in [2.24, 2.45) is 0 Å². The Hall–Kier alpha value is -2.67. The highest BCUT2D eigenvalue weighted by Crippen LogP contribution is 2.19. The van der Waals surface area contributed by atoms with Gasteiger partial charge in [0.2, 0.25) is 0 Å². The Labute approximate surface area is 172 Å². The second kappa shape index (κ2) is 9.69. The van der Waals surface area contributed by atoms with Crippen LogP contribution in [0.5, 0.6) is 0 Å². The Morgan fingerprint density at radius 1 is 1.10 bits per heavy atom. The van der Waals surface area contributed by atoms with Gasteiger partial charge < -0.3 is 10.1 Å². The molecule has 0 spiro atoms. The van der Waals surface area contributed by atoms with Gasteiger partial charge in [0.1, 0.15) is 0 Å². The van der Waals surface area contributed by atoms with E-state index in [1.807, 2.05) is 37.3 Å². The number of aryl methyl sites for hydroxylation is 1. The summed E-state index contributed by atoms with van der Waals surface area (Å²) in [6, 6.07) is 14.1. The van der Waals surface area contributed by atoms with Gasteiger partial charge in [-0.2, -0.15) is 0 Å². The third kappa shape index (κ3) is 6.15. The minimum Gasteiger partial charge on any atom is -0.449 e. The highest BCUT2D eigenvalue weighted by molar-refractivity contribution is 7.90. The van der Waals surface area contributed by atoms with Crippen molar-refractivity contribution in [2.45, 2.75) is 44.1 Å². The number of esters is 1. The van der Waals surface area contributed by atoms with Gasteiger partial charge in [-0.3, -0.25) is 4.79 Å². The summed E-state index contributed by atoms with van der Waals surface area (Å²) in [6.45, 7) is 5.65. The van der Waals surface area contributed by atoms with Crippen LogP contribution in [0.3, 0.4) is 0 Å². The maximum Gasteiger partial charge on any atom is 0.339 e. The van der Waals surface area contributed by atoms with E-state index in [-0.39, 0.29) is 16.4 Å². The summed E-state index contributed by atoms with van der Waals surface area (Å²) in [5.74, 6) is -0.966. The van der Waals surface area contributed by atoms with Crippen LogP contribution in [0.4, 0.5) is 0 Å². The average Bonchev–Trinajstić information content (AvgIpc) is 2.68. The minimum absolute atomic E-state index is 0.0285. The van der Waals surface area contributed by atoms with E-state index in [0.717, 1.165) is 18.2 Å². The molecule has 0 unspecified atom stereocenters. The molecule has 0 fully saturated rings. The van der Waals surface area contributed by atoms with Crippen LogP contribution in [0.15, 0.2) is 53.4 Å². The molecule has 2 atom stereocenters. The SMILES string of the molecule is CC[C@@H](CNC(=O)[C@H](C)OC(=O)c1cc(S(C)(=O)=O)ccc1C)c1ccccc1. The average molecular weight is 418 g/mol. The van der Waals surface area contributed by atoms with E-state index in [0.29, 0.717) is 12.1 Å². The third-order valence-corrected chi connectivity index (χ3v) is 5.91.